The molecule has 2 saturated heterocycles. The number of benzene rings is 1. The summed E-state index contributed by atoms with van der Waals surface area (Å²) in [4.78, 5) is 76.4. The van der Waals surface area contributed by atoms with E-state index in [-0.39, 0.29) is 48.7 Å². The Bertz CT molecular complexity index is 2400. The Morgan fingerprint density at radius 2 is 1.86 bits per heavy atom. The maximum absolute atomic E-state index is 14.3. The van der Waals surface area contributed by atoms with Crippen molar-refractivity contribution in [1.82, 2.24) is 40.1 Å². The summed E-state index contributed by atoms with van der Waals surface area (Å²) in [6.07, 6.45) is 6.48. The van der Waals surface area contributed by atoms with Crippen molar-refractivity contribution in [3.63, 3.8) is 0 Å². The van der Waals surface area contributed by atoms with Crippen LogP contribution in [-0.4, -0.2) is 125 Å². The molecule has 0 aliphatic carbocycles. The Labute approximate surface area is 389 Å². The molecule has 7 rings (SSSR count). The zero-order chi connectivity index (χ0) is 47.9. The highest BCUT2D eigenvalue weighted by atomic mass is 16.5. The van der Waals surface area contributed by atoms with Crippen LogP contribution in [0.15, 0.2) is 67.4 Å². The minimum absolute atomic E-state index is 0.0123. The average molecular weight is 905 g/mol. The number of carbonyl (C=O) groups excluding carboxylic acids is 5. The van der Waals surface area contributed by atoms with Crippen LogP contribution >= 0.6 is 0 Å². The molecule has 2 fully saturated rings. The molecule has 3 aliphatic rings. The highest BCUT2D eigenvalue weighted by molar-refractivity contribution is 5.95. The molecule has 0 radical (unpaired) electrons. The number of esters is 1. The summed E-state index contributed by atoms with van der Waals surface area (Å²) < 4.78 is 14.2. The van der Waals surface area contributed by atoms with Crippen LogP contribution in [0.3, 0.4) is 0 Å². The lowest BCUT2D eigenvalue weighted by molar-refractivity contribution is -0.155. The first kappa shape index (κ1) is 49.7. The number of hydrazine groups is 1. The number of ether oxygens (including phenoxy) is 2. The summed E-state index contributed by atoms with van der Waals surface area (Å²) in [5, 5.41) is 5.62. The van der Waals surface area contributed by atoms with Gasteiger partial charge in [0.25, 0.3) is 5.91 Å². The van der Waals surface area contributed by atoms with Gasteiger partial charge in [-0.1, -0.05) is 46.4 Å². The van der Waals surface area contributed by atoms with Crippen LogP contribution < -0.4 is 10.7 Å². The number of amides is 3. The van der Waals surface area contributed by atoms with Crippen LogP contribution in [0.4, 0.5) is 0 Å². The molecule has 5 atom stereocenters. The highest BCUT2D eigenvalue weighted by Crippen LogP contribution is 2.41. The number of pyridine rings is 2. The van der Waals surface area contributed by atoms with Crippen molar-refractivity contribution in [1.29, 1.82) is 0 Å². The molecule has 6 bridgehead atoms. The Kier molecular flexibility index (Phi) is 16.3. The first-order chi connectivity index (χ1) is 31.5. The van der Waals surface area contributed by atoms with Crippen LogP contribution in [0.25, 0.3) is 33.4 Å². The van der Waals surface area contributed by atoms with E-state index in [1.165, 1.54) is 11.1 Å². The smallest absolute Gasteiger partial charge is 0.324 e. The van der Waals surface area contributed by atoms with Gasteiger partial charge in [0.05, 0.1) is 35.8 Å². The van der Waals surface area contributed by atoms with Gasteiger partial charge >= 0.3 is 5.97 Å². The van der Waals surface area contributed by atoms with Gasteiger partial charge in [-0.2, -0.15) is 0 Å². The van der Waals surface area contributed by atoms with E-state index in [9.17, 15) is 24.0 Å². The lowest BCUT2D eigenvalue weighted by atomic mass is 9.84. The van der Waals surface area contributed by atoms with Gasteiger partial charge in [-0.15, -0.1) is 0 Å². The average Bonchev–Trinajstić information content (AvgIpc) is 3.92. The molecule has 6 heterocycles. The number of hydrogen-bond donors (Lipinski definition) is 2. The third-order valence-electron chi connectivity index (χ3n) is 12.8. The monoisotopic (exact) mass is 905 g/mol. The van der Waals surface area contributed by atoms with E-state index in [0.717, 1.165) is 63.9 Å². The second kappa shape index (κ2) is 21.7. The molecule has 1 aromatic carbocycles. The first-order valence-corrected chi connectivity index (χ1v) is 23.2. The molecule has 15 nitrogen and oxygen atoms in total. The molecule has 3 aliphatic heterocycles. The van der Waals surface area contributed by atoms with Crippen LogP contribution in [0.1, 0.15) is 83.9 Å². The predicted molar refractivity (Wildman–Crippen MR) is 255 cm³/mol. The minimum Gasteiger partial charge on any atom is -0.464 e. The third-order valence-corrected chi connectivity index (χ3v) is 12.8. The fourth-order valence-corrected chi connectivity index (χ4v) is 9.43. The van der Waals surface area contributed by atoms with Gasteiger partial charge in [0.15, 0.2) is 0 Å². The van der Waals surface area contributed by atoms with E-state index >= 15 is 0 Å². The van der Waals surface area contributed by atoms with E-state index in [2.05, 4.69) is 66.9 Å². The Balaban J connectivity index is 0.000000574. The van der Waals surface area contributed by atoms with Crippen LogP contribution in [-0.2, 0) is 52.8 Å². The van der Waals surface area contributed by atoms with E-state index in [1.807, 2.05) is 64.0 Å². The summed E-state index contributed by atoms with van der Waals surface area (Å²) in [5.41, 5.74) is 10.2. The van der Waals surface area contributed by atoms with Gasteiger partial charge in [0.1, 0.15) is 18.4 Å². The molecule has 0 spiro atoms. The summed E-state index contributed by atoms with van der Waals surface area (Å²) in [6.45, 7) is 18.3. The van der Waals surface area contributed by atoms with Crippen LogP contribution in [0, 0.1) is 17.3 Å². The number of fused-ring (bicyclic) bond motifs is 6. The molecule has 4 unspecified atom stereocenters. The third kappa shape index (κ3) is 11.2. The maximum Gasteiger partial charge on any atom is 0.324 e. The lowest BCUT2D eigenvalue weighted by Crippen LogP contribution is -2.61. The molecule has 2 N–H and O–H groups in total. The summed E-state index contributed by atoms with van der Waals surface area (Å²) in [6, 6.07) is 14.3. The first-order valence-electron chi connectivity index (χ1n) is 23.2. The van der Waals surface area contributed by atoms with Crippen molar-refractivity contribution in [2.45, 2.75) is 104 Å². The van der Waals surface area contributed by atoms with Gasteiger partial charge in [-0.25, -0.2) is 5.43 Å². The van der Waals surface area contributed by atoms with Crippen molar-refractivity contribution >= 4 is 40.9 Å². The van der Waals surface area contributed by atoms with Gasteiger partial charge < -0.3 is 29.1 Å². The summed E-state index contributed by atoms with van der Waals surface area (Å²) in [5.74, 6) is -0.988. The molecular formula is C51H68N8O7. The number of aromatic nitrogens is 3. The summed E-state index contributed by atoms with van der Waals surface area (Å²) >= 11 is 0. The minimum atomic E-state index is -0.921. The number of aryl methyl sites for hydroxylation is 1. The van der Waals surface area contributed by atoms with E-state index in [4.69, 9.17) is 19.4 Å². The second-order valence-corrected chi connectivity index (χ2v) is 19.0. The largest absolute Gasteiger partial charge is 0.464 e. The Morgan fingerprint density at radius 1 is 1.09 bits per heavy atom. The SMILES string of the molecule is C=CC(=O)N1CCC(C=O)C1.CCn1c(-c2cccnc2C(C)OC)c2c3cc(ccc31)-c1cccc(n1)CC(NC(=O)C(C(C)C)N(C)C)C(=O)N1CCC[C@H](N1)C(=O)OCC(C)(C)C2. The van der Waals surface area contributed by atoms with Crippen molar-refractivity contribution in [3.8, 4) is 22.5 Å². The van der Waals surface area contributed by atoms with Crippen molar-refractivity contribution in [2.75, 3.05) is 47.4 Å². The topological polar surface area (TPSA) is 168 Å². The molecule has 4 aromatic rings. The van der Waals surface area contributed by atoms with Gasteiger partial charge in [-0.3, -0.25) is 39.1 Å². The molecule has 15 heteroatoms. The number of carbonyl (C=O) groups is 5. The van der Waals surface area contributed by atoms with E-state index in [1.54, 1.807) is 18.2 Å². The Morgan fingerprint density at radius 3 is 2.53 bits per heavy atom. The van der Waals surface area contributed by atoms with Crippen molar-refractivity contribution in [3.05, 3.63) is 84.3 Å². The standard InChI is InChI=1S/C43H57N7O5.C8H11NO2/c1-10-49-36-19-18-28-22-31(36)32(39(49)30-15-12-20-44-37(30)27(4)54-9)24-43(5,6)25-55-42(53)34-17-13-21-50(47-34)41(52)35(23-29-14-11-16-33(28)45-29)46-40(51)38(26(2)3)48(7)8;1-2-8(11)9-4-3-7(5-9)6-10/h11-12,14-16,18-20,22,26-27,34-35,38,47H,10,13,17,21,23-25H2,1-9H3,(H,46,51);2,6-7H,1,3-5H2/t27?,34-,35?,38?;/m0./s1. The van der Waals surface area contributed by atoms with Crippen LogP contribution in [0.5, 0.6) is 0 Å². The number of likely N-dealkylation sites (N-methyl/N-ethyl adjacent to an activating group) is 1. The van der Waals surface area contributed by atoms with Gasteiger partial charge in [0.2, 0.25) is 11.8 Å². The normalized spacial score (nSPS) is 20.8. The number of methoxy groups -OCH3 is 1. The number of likely N-dealkylation sites (tertiary alicyclic amines) is 1. The molecule has 0 saturated carbocycles. The Hall–Kier alpha value is -5.77. The maximum atomic E-state index is 14.3. The number of hydrogen-bond acceptors (Lipinski definition) is 11. The molecule has 3 amide bonds. The molecule has 66 heavy (non-hydrogen) atoms. The van der Waals surface area contributed by atoms with Crippen molar-refractivity contribution < 1.29 is 33.4 Å². The molecular weight excluding hydrogens is 837 g/mol. The second-order valence-electron chi connectivity index (χ2n) is 19.0. The lowest BCUT2D eigenvalue weighted by Gasteiger charge is -2.36. The number of rotatable bonds is 10. The van der Waals surface area contributed by atoms with Gasteiger partial charge in [-0.05, 0) is 108 Å². The number of aldehydes is 1. The fraction of sp³-hybridized carbons (Fsp3) is 0.510. The summed E-state index contributed by atoms with van der Waals surface area (Å²) in [7, 11) is 5.42. The van der Waals surface area contributed by atoms with E-state index in [0.29, 0.717) is 44.6 Å². The number of cyclic esters (lactones) is 1. The van der Waals surface area contributed by atoms with Crippen LogP contribution in [0.2, 0.25) is 0 Å². The highest BCUT2D eigenvalue weighted by Gasteiger charge is 2.37. The van der Waals surface area contributed by atoms with E-state index < -0.39 is 29.5 Å². The zero-order valence-electron chi connectivity index (χ0n) is 40.1. The van der Waals surface area contributed by atoms with Gasteiger partial charge in [0, 0.05) is 85.0 Å². The molecule has 354 valence electrons. The number of nitrogens with zero attached hydrogens (tertiary/aromatic N) is 6. The molecule has 3 aromatic heterocycles. The zero-order valence-corrected chi connectivity index (χ0v) is 40.1. The van der Waals surface area contributed by atoms with Crippen molar-refractivity contribution in [2.24, 2.45) is 17.3 Å². The fourth-order valence-electron chi connectivity index (χ4n) is 9.43. The quantitative estimate of drug-likeness (QED) is 0.110. The predicted octanol–water partition coefficient (Wildman–Crippen LogP) is 5.95. The number of nitrogens with one attached hydrogen (secondary N) is 2.